The second-order valence-corrected chi connectivity index (χ2v) is 6.68. The lowest BCUT2D eigenvalue weighted by molar-refractivity contribution is -0.137. The molecule has 128 valence electrons. The van der Waals surface area contributed by atoms with E-state index < -0.39 is 33.6 Å². The lowest BCUT2D eigenvalue weighted by Crippen LogP contribution is -2.38. The highest BCUT2D eigenvalue weighted by atomic mass is 32.2. The SMILES string of the molecule is CCc1cccc(=O)n1C(N)C(=O)OS(=O)(=O)Cc1ccccc1. The van der Waals surface area contributed by atoms with Crippen LogP contribution in [-0.2, 0) is 31.3 Å². The summed E-state index contributed by atoms with van der Waals surface area (Å²) in [4.78, 5) is 24.0. The molecule has 1 atom stereocenters. The third-order valence-electron chi connectivity index (χ3n) is 3.35. The van der Waals surface area contributed by atoms with E-state index in [-0.39, 0.29) is 0 Å². The molecule has 2 rings (SSSR count). The van der Waals surface area contributed by atoms with Crippen molar-refractivity contribution in [1.29, 1.82) is 0 Å². The summed E-state index contributed by atoms with van der Waals surface area (Å²) in [7, 11) is -4.16. The zero-order valence-electron chi connectivity index (χ0n) is 13.1. The van der Waals surface area contributed by atoms with E-state index >= 15 is 0 Å². The maximum Gasteiger partial charge on any atom is 0.359 e. The number of nitrogens with two attached hydrogens (primary N) is 1. The molecule has 0 saturated heterocycles. The van der Waals surface area contributed by atoms with Crippen LogP contribution in [0.15, 0.2) is 53.3 Å². The number of aryl methyl sites for hydroxylation is 1. The third kappa shape index (κ3) is 4.30. The van der Waals surface area contributed by atoms with Gasteiger partial charge in [0.1, 0.15) is 5.75 Å². The highest BCUT2D eigenvalue weighted by Gasteiger charge is 2.26. The largest absolute Gasteiger partial charge is 0.359 e. The van der Waals surface area contributed by atoms with Gasteiger partial charge in [0.2, 0.25) is 0 Å². The maximum absolute atomic E-state index is 12.1. The van der Waals surface area contributed by atoms with Crippen molar-refractivity contribution in [2.75, 3.05) is 0 Å². The van der Waals surface area contributed by atoms with Gasteiger partial charge in [0.25, 0.3) is 5.56 Å². The summed E-state index contributed by atoms with van der Waals surface area (Å²) in [5.74, 6) is -1.66. The molecule has 0 aliphatic heterocycles. The van der Waals surface area contributed by atoms with Gasteiger partial charge >= 0.3 is 16.1 Å². The fourth-order valence-electron chi connectivity index (χ4n) is 2.24. The fraction of sp³-hybridized carbons (Fsp3) is 0.250. The molecule has 1 aromatic heterocycles. The molecule has 0 bridgehead atoms. The molecule has 0 saturated carbocycles. The number of rotatable bonds is 6. The molecule has 7 nitrogen and oxygen atoms in total. The van der Waals surface area contributed by atoms with E-state index in [0.717, 1.165) is 4.57 Å². The lowest BCUT2D eigenvalue weighted by atomic mass is 10.2. The molecule has 1 heterocycles. The highest BCUT2D eigenvalue weighted by Crippen LogP contribution is 2.11. The molecule has 1 aromatic carbocycles. The summed E-state index contributed by atoms with van der Waals surface area (Å²) in [6.45, 7) is 1.79. The first-order chi connectivity index (χ1) is 11.3. The van der Waals surface area contributed by atoms with Gasteiger partial charge in [-0.2, -0.15) is 8.42 Å². The minimum absolute atomic E-state index is 0.452. The van der Waals surface area contributed by atoms with Crippen molar-refractivity contribution in [3.05, 3.63) is 70.1 Å². The van der Waals surface area contributed by atoms with E-state index in [1.165, 1.54) is 6.07 Å². The van der Waals surface area contributed by atoms with Crippen molar-refractivity contribution in [2.45, 2.75) is 25.3 Å². The Labute approximate surface area is 139 Å². The zero-order valence-corrected chi connectivity index (χ0v) is 13.9. The molecular weight excluding hydrogens is 332 g/mol. The molecule has 0 aliphatic rings. The number of hydrogen-bond acceptors (Lipinski definition) is 6. The summed E-state index contributed by atoms with van der Waals surface area (Å²) in [6.07, 6.45) is -1.08. The average Bonchev–Trinajstić information content (AvgIpc) is 2.53. The van der Waals surface area contributed by atoms with Gasteiger partial charge in [-0.15, -0.1) is 0 Å². The van der Waals surface area contributed by atoms with Gasteiger partial charge in [0, 0.05) is 11.8 Å². The molecule has 1 unspecified atom stereocenters. The predicted octanol–water partition coefficient (Wildman–Crippen LogP) is 0.941. The predicted molar refractivity (Wildman–Crippen MR) is 88.5 cm³/mol. The second kappa shape index (κ2) is 7.41. The Kier molecular flexibility index (Phi) is 5.53. The lowest BCUT2D eigenvalue weighted by Gasteiger charge is -2.17. The Hall–Kier alpha value is -2.45. The summed E-state index contributed by atoms with van der Waals surface area (Å²) in [5, 5.41) is 0. The van der Waals surface area contributed by atoms with E-state index in [1.807, 2.05) is 0 Å². The smallest absolute Gasteiger partial charge is 0.342 e. The molecule has 0 aliphatic carbocycles. The van der Waals surface area contributed by atoms with Gasteiger partial charge in [-0.3, -0.25) is 9.36 Å². The van der Waals surface area contributed by atoms with Gasteiger partial charge in [-0.25, -0.2) is 4.79 Å². The molecule has 0 spiro atoms. The zero-order chi connectivity index (χ0) is 17.7. The first kappa shape index (κ1) is 17.9. The molecule has 8 heteroatoms. The van der Waals surface area contributed by atoms with Crippen LogP contribution < -0.4 is 11.3 Å². The molecule has 0 fully saturated rings. The van der Waals surface area contributed by atoms with Crippen LogP contribution in [0.1, 0.15) is 24.3 Å². The number of aromatic nitrogens is 1. The first-order valence-corrected chi connectivity index (χ1v) is 8.87. The van der Waals surface area contributed by atoms with Gasteiger partial charge in [0.05, 0.1) is 0 Å². The standard InChI is InChI=1S/C16H18N2O5S/c1-2-13-9-6-10-14(19)18(13)15(17)16(20)23-24(21,22)11-12-7-4-3-5-8-12/h3-10,15H,2,11,17H2,1H3. The Morgan fingerprint density at radius 2 is 1.83 bits per heavy atom. The third-order valence-corrected chi connectivity index (χ3v) is 4.46. The number of benzene rings is 1. The molecule has 24 heavy (non-hydrogen) atoms. The van der Waals surface area contributed by atoms with Crippen molar-refractivity contribution < 1.29 is 17.4 Å². The highest BCUT2D eigenvalue weighted by molar-refractivity contribution is 7.86. The van der Waals surface area contributed by atoms with E-state index in [0.29, 0.717) is 17.7 Å². The Balaban J connectivity index is 2.19. The number of nitrogens with zero attached hydrogens (tertiary/aromatic N) is 1. The first-order valence-electron chi connectivity index (χ1n) is 7.30. The monoisotopic (exact) mass is 350 g/mol. The van der Waals surface area contributed by atoms with E-state index in [1.54, 1.807) is 49.4 Å². The molecule has 0 amide bonds. The van der Waals surface area contributed by atoms with Gasteiger partial charge in [-0.05, 0) is 18.1 Å². The van der Waals surface area contributed by atoms with Crippen LogP contribution in [0.25, 0.3) is 0 Å². The summed E-state index contributed by atoms with van der Waals surface area (Å²) in [5.41, 5.74) is 6.22. The minimum Gasteiger partial charge on any atom is -0.342 e. The fourth-order valence-corrected chi connectivity index (χ4v) is 3.24. The van der Waals surface area contributed by atoms with Crippen molar-refractivity contribution in [2.24, 2.45) is 5.73 Å². The quantitative estimate of drug-likeness (QED) is 0.777. The van der Waals surface area contributed by atoms with Gasteiger partial charge in [0.15, 0.2) is 6.17 Å². The van der Waals surface area contributed by atoms with Crippen LogP contribution in [0.5, 0.6) is 0 Å². The van der Waals surface area contributed by atoms with Crippen LogP contribution in [0.2, 0.25) is 0 Å². The van der Waals surface area contributed by atoms with Crippen LogP contribution in [0, 0.1) is 0 Å². The van der Waals surface area contributed by atoms with Crippen LogP contribution in [0.4, 0.5) is 0 Å². The van der Waals surface area contributed by atoms with Crippen molar-refractivity contribution in [1.82, 2.24) is 4.57 Å². The van der Waals surface area contributed by atoms with E-state index in [9.17, 15) is 18.0 Å². The molecule has 0 radical (unpaired) electrons. The average molecular weight is 350 g/mol. The Morgan fingerprint density at radius 3 is 2.46 bits per heavy atom. The number of carbonyl (C=O) groups is 1. The minimum atomic E-state index is -4.16. The topological polar surface area (TPSA) is 108 Å². The summed E-state index contributed by atoms with van der Waals surface area (Å²) >= 11 is 0. The summed E-state index contributed by atoms with van der Waals surface area (Å²) in [6, 6.07) is 12.7. The van der Waals surface area contributed by atoms with Crippen LogP contribution in [-0.4, -0.2) is 19.0 Å². The van der Waals surface area contributed by atoms with E-state index in [4.69, 9.17) is 5.73 Å². The summed E-state index contributed by atoms with van der Waals surface area (Å²) < 4.78 is 29.6. The Bertz CT molecular complexity index is 875. The van der Waals surface area contributed by atoms with E-state index in [2.05, 4.69) is 4.18 Å². The number of pyridine rings is 1. The van der Waals surface area contributed by atoms with Crippen molar-refractivity contribution in [3.8, 4) is 0 Å². The molecule has 2 aromatic rings. The number of hydrogen-bond donors (Lipinski definition) is 1. The van der Waals surface area contributed by atoms with Crippen LogP contribution >= 0.6 is 0 Å². The van der Waals surface area contributed by atoms with Crippen molar-refractivity contribution >= 4 is 16.1 Å². The van der Waals surface area contributed by atoms with Gasteiger partial charge < -0.3 is 9.92 Å². The van der Waals surface area contributed by atoms with Crippen molar-refractivity contribution in [3.63, 3.8) is 0 Å². The second-order valence-electron chi connectivity index (χ2n) is 5.11. The molecule has 2 N–H and O–H groups in total. The maximum atomic E-state index is 12.1. The van der Waals surface area contributed by atoms with Gasteiger partial charge in [-0.1, -0.05) is 43.3 Å². The Morgan fingerprint density at radius 1 is 1.17 bits per heavy atom. The normalized spacial score (nSPS) is 12.6. The number of carbonyl (C=O) groups excluding carboxylic acids is 1. The molecular formula is C16H18N2O5S. The van der Waals surface area contributed by atoms with Crippen LogP contribution in [0.3, 0.4) is 0 Å².